The van der Waals surface area contributed by atoms with E-state index in [9.17, 15) is 0 Å². The molecule has 7 heteroatoms. The van der Waals surface area contributed by atoms with Crippen molar-refractivity contribution in [3.05, 3.63) is 53.7 Å². The first-order chi connectivity index (χ1) is 13.2. The van der Waals surface area contributed by atoms with E-state index in [4.69, 9.17) is 4.74 Å². The Morgan fingerprint density at radius 1 is 1.11 bits per heavy atom. The number of aliphatic imine (C=N–C) groups is 1. The summed E-state index contributed by atoms with van der Waals surface area (Å²) in [5.74, 6) is 2.71. The molecule has 0 aliphatic carbocycles. The van der Waals surface area contributed by atoms with Crippen LogP contribution in [0.15, 0.2) is 47.6 Å². The van der Waals surface area contributed by atoms with E-state index in [-0.39, 0.29) is 24.0 Å². The number of rotatable bonds is 9. The van der Waals surface area contributed by atoms with Gasteiger partial charge in [0.2, 0.25) is 0 Å². The van der Waals surface area contributed by atoms with Crippen molar-refractivity contribution in [3.8, 4) is 5.75 Å². The van der Waals surface area contributed by atoms with Crippen molar-refractivity contribution in [2.45, 2.75) is 26.8 Å². The molecule has 0 aliphatic rings. The molecule has 0 aliphatic heterocycles. The maximum absolute atomic E-state index is 5.39. The van der Waals surface area contributed by atoms with Crippen molar-refractivity contribution in [1.29, 1.82) is 0 Å². The van der Waals surface area contributed by atoms with E-state index in [1.54, 1.807) is 14.2 Å². The van der Waals surface area contributed by atoms with Crippen LogP contribution in [0.4, 0.5) is 5.82 Å². The van der Waals surface area contributed by atoms with Crippen LogP contribution in [0.2, 0.25) is 0 Å². The molecule has 154 valence electrons. The first kappa shape index (κ1) is 24.0. The molecule has 0 fully saturated rings. The maximum Gasteiger partial charge on any atom is 0.191 e. The molecule has 0 unspecified atom stereocenters. The van der Waals surface area contributed by atoms with Crippen molar-refractivity contribution in [2.75, 3.05) is 38.7 Å². The standard InChI is InChI=1S/C21H31N5O.HI/c1-5-26(6-2)20-12-11-17(15-24-20)16-25-21(22-3)23-14-13-18-9-7-8-10-19(18)27-4;/h7-12,15H,5-6,13-14,16H2,1-4H3,(H2,22,23,25);1H. The number of anilines is 1. The van der Waals surface area contributed by atoms with E-state index >= 15 is 0 Å². The summed E-state index contributed by atoms with van der Waals surface area (Å²) in [7, 11) is 3.48. The Kier molecular flexibility index (Phi) is 11.3. The van der Waals surface area contributed by atoms with Gasteiger partial charge in [-0.05, 0) is 43.5 Å². The SMILES string of the molecule is CCN(CC)c1ccc(CNC(=NC)NCCc2ccccc2OC)cn1.I. The second-order valence-electron chi connectivity index (χ2n) is 6.11. The topological polar surface area (TPSA) is 61.8 Å². The summed E-state index contributed by atoms with van der Waals surface area (Å²) in [5, 5.41) is 6.67. The summed E-state index contributed by atoms with van der Waals surface area (Å²) in [4.78, 5) is 11.1. The van der Waals surface area contributed by atoms with Crippen LogP contribution in [0.1, 0.15) is 25.0 Å². The molecule has 1 aromatic heterocycles. The van der Waals surface area contributed by atoms with Crippen LogP contribution in [-0.2, 0) is 13.0 Å². The number of guanidine groups is 1. The second-order valence-corrected chi connectivity index (χ2v) is 6.11. The smallest absolute Gasteiger partial charge is 0.191 e. The zero-order valence-corrected chi connectivity index (χ0v) is 19.6. The van der Waals surface area contributed by atoms with Crippen LogP contribution in [-0.4, -0.2) is 44.7 Å². The van der Waals surface area contributed by atoms with Gasteiger partial charge in [-0.2, -0.15) is 0 Å². The minimum absolute atomic E-state index is 0. The number of para-hydroxylation sites is 1. The minimum atomic E-state index is 0. The quantitative estimate of drug-likeness (QED) is 0.316. The van der Waals surface area contributed by atoms with Gasteiger partial charge >= 0.3 is 0 Å². The number of pyridine rings is 1. The van der Waals surface area contributed by atoms with Gasteiger partial charge in [0.25, 0.3) is 0 Å². The van der Waals surface area contributed by atoms with Crippen LogP contribution >= 0.6 is 24.0 Å². The highest BCUT2D eigenvalue weighted by atomic mass is 127. The van der Waals surface area contributed by atoms with Crippen molar-refractivity contribution in [2.24, 2.45) is 4.99 Å². The molecule has 1 heterocycles. The van der Waals surface area contributed by atoms with Gasteiger partial charge in [-0.25, -0.2) is 4.98 Å². The zero-order chi connectivity index (χ0) is 19.5. The van der Waals surface area contributed by atoms with E-state index in [1.165, 1.54) is 5.56 Å². The largest absolute Gasteiger partial charge is 0.496 e. The van der Waals surface area contributed by atoms with Gasteiger partial charge in [-0.15, -0.1) is 24.0 Å². The van der Waals surface area contributed by atoms with Crippen LogP contribution < -0.4 is 20.3 Å². The first-order valence-electron chi connectivity index (χ1n) is 9.48. The summed E-state index contributed by atoms with van der Waals surface area (Å²) in [6.45, 7) is 7.66. The van der Waals surface area contributed by atoms with Crippen molar-refractivity contribution in [3.63, 3.8) is 0 Å². The average molecular weight is 497 g/mol. The van der Waals surface area contributed by atoms with Crippen LogP contribution in [0.3, 0.4) is 0 Å². The fraction of sp³-hybridized carbons (Fsp3) is 0.429. The van der Waals surface area contributed by atoms with Gasteiger partial charge in [0.15, 0.2) is 5.96 Å². The van der Waals surface area contributed by atoms with Crippen molar-refractivity contribution < 1.29 is 4.74 Å². The third-order valence-electron chi connectivity index (χ3n) is 4.46. The van der Waals surface area contributed by atoms with Crippen molar-refractivity contribution >= 4 is 35.8 Å². The number of benzene rings is 1. The zero-order valence-electron chi connectivity index (χ0n) is 17.2. The van der Waals surface area contributed by atoms with Crippen LogP contribution in [0.25, 0.3) is 0 Å². The van der Waals surface area contributed by atoms with Crippen LogP contribution in [0, 0.1) is 0 Å². The fourth-order valence-corrected chi connectivity index (χ4v) is 2.89. The Morgan fingerprint density at radius 2 is 1.86 bits per heavy atom. The number of aromatic nitrogens is 1. The molecule has 28 heavy (non-hydrogen) atoms. The molecular weight excluding hydrogens is 465 g/mol. The number of halogens is 1. The van der Waals surface area contributed by atoms with Gasteiger partial charge in [0.05, 0.1) is 7.11 Å². The second kappa shape index (κ2) is 13.2. The van der Waals surface area contributed by atoms with Gasteiger partial charge < -0.3 is 20.3 Å². The summed E-state index contributed by atoms with van der Waals surface area (Å²) >= 11 is 0. The Morgan fingerprint density at radius 3 is 2.46 bits per heavy atom. The van der Waals surface area contributed by atoms with E-state index in [0.29, 0.717) is 6.54 Å². The molecule has 0 amide bonds. The number of nitrogens with zero attached hydrogens (tertiary/aromatic N) is 3. The first-order valence-corrected chi connectivity index (χ1v) is 9.48. The monoisotopic (exact) mass is 497 g/mol. The number of hydrogen-bond acceptors (Lipinski definition) is 4. The number of nitrogens with one attached hydrogen (secondary N) is 2. The molecule has 1 aromatic carbocycles. The predicted molar refractivity (Wildman–Crippen MR) is 128 cm³/mol. The lowest BCUT2D eigenvalue weighted by Crippen LogP contribution is -2.37. The highest BCUT2D eigenvalue weighted by molar-refractivity contribution is 14.0. The van der Waals surface area contributed by atoms with E-state index < -0.39 is 0 Å². The predicted octanol–water partition coefficient (Wildman–Crippen LogP) is 3.46. The van der Waals surface area contributed by atoms with Gasteiger partial charge in [0.1, 0.15) is 11.6 Å². The Labute approximate surface area is 185 Å². The molecule has 0 spiro atoms. The lowest BCUT2D eigenvalue weighted by atomic mass is 10.1. The normalized spacial score (nSPS) is 10.8. The number of hydrogen-bond donors (Lipinski definition) is 2. The van der Waals surface area contributed by atoms with E-state index in [0.717, 1.165) is 49.1 Å². The third kappa shape index (κ3) is 7.18. The van der Waals surface area contributed by atoms with Gasteiger partial charge in [-0.3, -0.25) is 4.99 Å². The molecule has 6 nitrogen and oxygen atoms in total. The Bertz CT molecular complexity index is 717. The molecular formula is C21H32IN5O. The summed E-state index contributed by atoms with van der Waals surface area (Å²) in [6.07, 6.45) is 2.79. The molecule has 0 radical (unpaired) electrons. The molecule has 2 rings (SSSR count). The van der Waals surface area contributed by atoms with Gasteiger partial charge in [0, 0.05) is 39.4 Å². The number of methoxy groups -OCH3 is 1. The summed E-state index contributed by atoms with van der Waals surface area (Å²) < 4.78 is 5.39. The molecule has 0 saturated carbocycles. The van der Waals surface area contributed by atoms with E-state index in [1.807, 2.05) is 24.4 Å². The summed E-state index contributed by atoms with van der Waals surface area (Å²) in [5.41, 5.74) is 2.30. The van der Waals surface area contributed by atoms with Crippen molar-refractivity contribution in [1.82, 2.24) is 15.6 Å². The fourth-order valence-electron chi connectivity index (χ4n) is 2.89. The Hall–Kier alpha value is -2.03. The molecule has 2 N–H and O–H groups in total. The van der Waals surface area contributed by atoms with Gasteiger partial charge in [-0.1, -0.05) is 24.3 Å². The molecule has 0 atom stereocenters. The highest BCUT2D eigenvalue weighted by Gasteiger charge is 2.05. The molecule has 0 saturated heterocycles. The minimum Gasteiger partial charge on any atom is -0.496 e. The third-order valence-corrected chi connectivity index (χ3v) is 4.46. The summed E-state index contributed by atoms with van der Waals surface area (Å²) in [6, 6.07) is 12.3. The highest BCUT2D eigenvalue weighted by Crippen LogP contribution is 2.17. The average Bonchev–Trinajstić information content (AvgIpc) is 2.72. The lowest BCUT2D eigenvalue weighted by molar-refractivity contribution is 0.409. The lowest BCUT2D eigenvalue weighted by Gasteiger charge is -2.19. The Balaban J connectivity index is 0.00000392. The van der Waals surface area contributed by atoms with E-state index in [2.05, 4.69) is 57.6 Å². The van der Waals surface area contributed by atoms with Crippen LogP contribution in [0.5, 0.6) is 5.75 Å². The maximum atomic E-state index is 5.39. The number of ether oxygens (including phenoxy) is 1. The molecule has 0 bridgehead atoms. The molecule has 2 aromatic rings.